The van der Waals surface area contributed by atoms with Crippen molar-refractivity contribution in [3.05, 3.63) is 42.0 Å². The average molecular weight is 246 g/mol. The van der Waals surface area contributed by atoms with Gasteiger partial charge in [-0.15, -0.1) is 0 Å². The van der Waals surface area contributed by atoms with Gasteiger partial charge in [-0.3, -0.25) is 0 Å². The maximum Gasteiger partial charge on any atom is 0.335 e. The van der Waals surface area contributed by atoms with Gasteiger partial charge >= 0.3 is 5.97 Å². The van der Waals surface area contributed by atoms with Crippen LogP contribution in [0.1, 0.15) is 25.3 Å². The minimum absolute atomic E-state index is 0.263. The summed E-state index contributed by atoms with van der Waals surface area (Å²) in [5.74, 6) is -0.263. The molecule has 0 bridgehead atoms. The molecule has 3 nitrogen and oxygen atoms in total. The molecule has 1 heterocycles. The Bertz CT molecular complexity index is 423. The molecule has 1 aromatic carbocycles. The van der Waals surface area contributed by atoms with Crippen LogP contribution in [0.4, 0.5) is 0 Å². The number of hydrogen-bond acceptors (Lipinski definition) is 3. The standard InChI is InChI=1S/C15H18O3/c1-2-17-15(16)14-11-13(9-6-10-18-14)12-7-4-3-5-8-12/h3-5,7-9,14H,2,6,10-11H2,1H3. The summed E-state index contributed by atoms with van der Waals surface area (Å²) >= 11 is 0. The van der Waals surface area contributed by atoms with Gasteiger partial charge in [-0.2, -0.15) is 0 Å². The van der Waals surface area contributed by atoms with Crippen LogP contribution in [-0.2, 0) is 14.3 Å². The molecular formula is C15H18O3. The monoisotopic (exact) mass is 246 g/mol. The van der Waals surface area contributed by atoms with Crippen LogP contribution in [0, 0.1) is 0 Å². The van der Waals surface area contributed by atoms with Gasteiger partial charge in [-0.1, -0.05) is 36.4 Å². The highest BCUT2D eigenvalue weighted by atomic mass is 16.6. The van der Waals surface area contributed by atoms with E-state index in [-0.39, 0.29) is 5.97 Å². The molecule has 1 atom stereocenters. The SMILES string of the molecule is CCOC(=O)C1CC(c2ccccc2)=CCCO1. The zero-order valence-electron chi connectivity index (χ0n) is 10.6. The van der Waals surface area contributed by atoms with Gasteiger partial charge in [0.1, 0.15) is 0 Å². The first-order valence-corrected chi connectivity index (χ1v) is 6.34. The highest BCUT2D eigenvalue weighted by Gasteiger charge is 2.24. The molecule has 0 saturated heterocycles. The lowest BCUT2D eigenvalue weighted by Gasteiger charge is -2.15. The molecule has 0 aromatic heterocycles. The van der Waals surface area contributed by atoms with Gasteiger partial charge in [-0.05, 0) is 24.5 Å². The largest absolute Gasteiger partial charge is 0.464 e. The normalized spacial score (nSPS) is 19.8. The summed E-state index contributed by atoms with van der Waals surface area (Å²) in [5.41, 5.74) is 2.31. The van der Waals surface area contributed by atoms with E-state index in [1.54, 1.807) is 0 Å². The van der Waals surface area contributed by atoms with Crippen LogP contribution in [0.2, 0.25) is 0 Å². The van der Waals surface area contributed by atoms with Gasteiger partial charge in [0, 0.05) is 6.42 Å². The molecule has 0 amide bonds. The molecule has 1 aromatic rings. The highest BCUT2D eigenvalue weighted by Crippen LogP contribution is 2.24. The van der Waals surface area contributed by atoms with Crippen LogP contribution in [0.25, 0.3) is 5.57 Å². The number of benzene rings is 1. The van der Waals surface area contributed by atoms with E-state index in [9.17, 15) is 4.79 Å². The van der Waals surface area contributed by atoms with Gasteiger partial charge in [-0.25, -0.2) is 4.79 Å². The van der Waals surface area contributed by atoms with Crippen molar-refractivity contribution in [2.45, 2.75) is 25.9 Å². The second kappa shape index (κ2) is 6.36. The Morgan fingerprint density at radius 3 is 2.89 bits per heavy atom. The van der Waals surface area contributed by atoms with Crippen molar-refractivity contribution in [3.8, 4) is 0 Å². The molecule has 0 aliphatic carbocycles. The Morgan fingerprint density at radius 1 is 1.39 bits per heavy atom. The van der Waals surface area contributed by atoms with E-state index < -0.39 is 6.10 Å². The van der Waals surface area contributed by atoms with E-state index in [1.807, 2.05) is 25.1 Å². The van der Waals surface area contributed by atoms with E-state index in [1.165, 1.54) is 0 Å². The Hall–Kier alpha value is -1.61. The summed E-state index contributed by atoms with van der Waals surface area (Å²) in [5, 5.41) is 0. The van der Waals surface area contributed by atoms with Gasteiger partial charge in [0.25, 0.3) is 0 Å². The molecule has 96 valence electrons. The quantitative estimate of drug-likeness (QED) is 0.769. The zero-order valence-corrected chi connectivity index (χ0v) is 10.6. The molecule has 0 saturated carbocycles. The first-order chi connectivity index (χ1) is 8.81. The van der Waals surface area contributed by atoms with Gasteiger partial charge in [0.05, 0.1) is 13.2 Å². The summed E-state index contributed by atoms with van der Waals surface area (Å²) in [6, 6.07) is 10.1. The second-order valence-corrected chi connectivity index (χ2v) is 4.20. The van der Waals surface area contributed by atoms with Crippen LogP contribution in [0.5, 0.6) is 0 Å². The lowest BCUT2D eigenvalue weighted by atomic mass is 9.99. The molecular weight excluding hydrogens is 228 g/mol. The Balaban J connectivity index is 2.12. The molecule has 2 rings (SSSR count). The van der Waals surface area contributed by atoms with E-state index in [2.05, 4.69) is 18.2 Å². The summed E-state index contributed by atoms with van der Waals surface area (Å²) in [6.07, 6.45) is 3.09. The van der Waals surface area contributed by atoms with Crippen LogP contribution in [0.15, 0.2) is 36.4 Å². The lowest BCUT2D eigenvalue weighted by Crippen LogP contribution is -2.26. The Kier molecular flexibility index (Phi) is 4.53. The third kappa shape index (κ3) is 3.20. The maximum atomic E-state index is 11.8. The van der Waals surface area contributed by atoms with Crippen LogP contribution < -0.4 is 0 Å². The van der Waals surface area contributed by atoms with Crippen molar-refractivity contribution in [2.75, 3.05) is 13.2 Å². The molecule has 0 N–H and O–H groups in total. The van der Waals surface area contributed by atoms with Crippen molar-refractivity contribution in [2.24, 2.45) is 0 Å². The second-order valence-electron chi connectivity index (χ2n) is 4.20. The molecule has 0 fully saturated rings. The van der Waals surface area contributed by atoms with Crippen LogP contribution >= 0.6 is 0 Å². The van der Waals surface area contributed by atoms with Crippen molar-refractivity contribution < 1.29 is 14.3 Å². The smallest absolute Gasteiger partial charge is 0.335 e. The number of carbonyl (C=O) groups is 1. The van der Waals surface area contributed by atoms with E-state index in [0.29, 0.717) is 19.6 Å². The van der Waals surface area contributed by atoms with E-state index in [0.717, 1.165) is 17.6 Å². The van der Waals surface area contributed by atoms with Crippen molar-refractivity contribution in [1.29, 1.82) is 0 Å². The van der Waals surface area contributed by atoms with E-state index in [4.69, 9.17) is 9.47 Å². The minimum Gasteiger partial charge on any atom is -0.464 e. The van der Waals surface area contributed by atoms with Crippen molar-refractivity contribution in [1.82, 2.24) is 0 Å². The van der Waals surface area contributed by atoms with Crippen molar-refractivity contribution in [3.63, 3.8) is 0 Å². The minimum atomic E-state index is -0.473. The Labute approximate surface area is 107 Å². The zero-order chi connectivity index (χ0) is 12.8. The maximum absolute atomic E-state index is 11.8. The van der Waals surface area contributed by atoms with Crippen molar-refractivity contribution >= 4 is 11.5 Å². The number of rotatable bonds is 3. The van der Waals surface area contributed by atoms with Gasteiger partial charge in [0.2, 0.25) is 0 Å². The third-order valence-electron chi connectivity index (χ3n) is 2.93. The topological polar surface area (TPSA) is 35.5 Å². The lowest BCUT2D eigenvalue weighted by molar-refractivity contribution is -0.156. The first-order valence-electron chi connectivity index (χ1n) is 6.34. The highest BCUT2D eigenvalue weighted by molar-refractivity contribution is 5.79. The molecule has 0 spiro atoms. The molecule has 0 radical (unpaired) electrons. The molecule has 1 aliphatic rings. The molecule has 1 aliphatic heterocycles. The molecule has 3 heteroatoms. The Morgan fingerprint density at radius 2 is 2.17 bits per heavy atom. The summed E-state index contributed by atoms with van der Waals surface area (Å²) in [6.45, 7) is 2.77. The summed E-state index contributed by atoms with van der Waals surface area (Å²) in [4.78, 5) is 11.8. The average Bonchev–Trinajstić information content (AvgIpc) is 2.66. The number of esters is 1. The van der Waals surface area contributed by atoms with Gasteiger partial charge < -0.3 is 9.47 Å². The van der Waals surface area contributed by atoms with Gasteiger partial charge in [0.15, 0.2) is 6.10 Å². The third-order valence-corrected chi connectivity index (χ3v) is 2.93. The number of ether oxygens (including phenoxy) is 2. The predicted octanol–water partition coefficient (Wildman–Crippen LogP) is 2.81. The summed E-state index contributed by atoms with van der Waals surface area (Å²) in [7, 11) is 0. The van der Waals surface area contributed by atoms with E-state index >= 15 is 0 Å². The summed E-state index contributed by atoms with van der Waals surface area (Å²) < 4.78 is 10.6. The molecule has 18 heavy (non-hydrogen) atoms. The predicted molar refractivity (Wildman–Crippen MR) is 70.0 cm³/mol. The number of hydrogen-bond donors (Lipinski definition) is 0. The fraction of sp³-hybridized carbons (Fsp3) is 0.400. The molecule has 1 unspecified atom stereocenters. The fourth-order valence-electron chi connectivity index (χ4n) is 2.06. The number of carbonyl (C=O) groups excluding carboxylic acids is 1. The van der Waals surface area contributed by atoms with Crippen LogP contribution in [0.3, 0.4) is 0 Å². The first kappa shape index (κ1) is 12.8. The fourth-order valence-corrected chi connectivity index (χ4v) is 2.06. The van der Waals surface area contributed by atoms with Crippen LogP contribution in [-0.4, -0.2) is 25.3 Å².